The first-order chi connectivity index (χ1) is 5.33. The summed E-state index contributed by atoms with van der Waals surface area (Å²) in [4.78, 5) is 4.54. The molecule has 0 atom stereocenters. The van der Waals surface area contributed by atoms with Crippen LogP contribution < -0.4 is 4.57 Å². The van der Waals surface area contributed by atoms with Gasteiger partial charge in [-0.3, -0.25) is 0 Å². The third-order valence-electron chi connectivity index (χ3n) is 1.31. The van der Waals surface area contributed by atoms with Gasteiger partial charge in [-0.05, 0) is 0 Å². The molecule has 0 aliphatic heterocycles. The summed E-state index contributed by atoms with van der Waals surface area (Å²) < 4.78 is 1.96. The molecule has 0 amide bonds. The Hall–Kier alpha value is -1.38. The Bertz CT molecular complexity index is 241. The van der Waals surface area contributed by atoms with Crippen LogP contribution in [0, 0.1) is 0 Å². The maximum absolute atomic E-state index is 4.54. The summed E-state index contributed by atoms with van der Waals surface area (Å²) in [5, 5.41) is 3.64. The van der Waals surface area contributed by atoms with Gasteiger partial charge >= 0.3 is 0 Å². The molecule has 0 N–H and O–H groups in total. The van der Waals surface area contributed by atoms with E-state index in [9.17, 15) is 0 Å². The van der Waals surface area contributed by atoms with Crippen molar-refractivity contribution in [2.75, 3.05) is 7.11 Å². The van der Waals surface area contributed by atoms with E-state index in [-0.39, 0.29) is 0 Å². The molecule has 1 aromatic rings. The van der Waals surface area contributed by atoms with Gasteiger partial charge in [0.15, 0.2) is 12.4 Å². The lowest BCUT2D eigenvalue weighted by molar-refractivity contribution is -0.671. The maximum atomic E-state index is 4.54. The number of aromatic nitrogens is 1. The van der Waals surface area contributed by atoms with Crippen molar-refractivity contribution < 1.29 is 9.40 Å². The fourth-order valence-corrected chi connectivity index (χ4v) is 0.712. The molecule has 0 radical (unpaired) electrons. The van der Waals surface area contributed by atoms with Gasteiger partial charge in [-0.25, -0.2) is 4.57 Å². The highest BCUT2D eigenvalue weighted by Gasteiger charge is 1.90. The van der Waals surface area contributed by atoms with Gasteiger partial charge in [0.05, 0.1) is 6.21 Å². The molecule has 0 aliphatic rings. The fraction of sp³-hybridized carbons (Fsp3) is 0.250. The number of hydrogen-bond donors (Lipinski definition) is 0. The lowest BCUT2D eigenvalue weighted by Gasteiger charge is -1.88. The Morgan fingerprint density at radius 1 is 1.45 bits per heavy atom. The van der Waals surface area contributed by atoms with Crippen LogP contribution >= 0.6 is 0 Å². The minimum absolute atomic E-state index is 1.03. The molecular weight excluding hydrogens is 140 g/mol. The van der Waals surface area contributed by atoms with Crippen molar-refractivity contribution >= 4 is 6.21 Å². The minimum Gasteiger partial charge on any atom is -0.399 e. The van der Waals surface area contributed by atoms with Gasteiger partial charge in [-0.1, -0.05) is 5.16 Å². The number of pyridine rings is 1. The summed E-state index contributed by atoms with van der Waals surface area (Å²) in [6.07, 6.45) is 5.58. The van der Waals surface area contributed by atoms with Crippen molar-refractivity contribution in [1.82, 2.24) is 0 Å². The molecule has 3 heteroatoms. The third-order valence-corrected chi connectivity index (χ3v) is 1.31. The molecule has 1 rings (SSSR count). The van der Waals surface area contributed by atoms with Crippen molar-refractivity contribution in [2.24, 2.45) is 12.2 Å². The Morgan fingerprint density at radius 3 is 2.64 bits per heavy atom. The fourth-order valence-electron chi connectivity index (χ4n) is 0.712. The van der Waals surface area contributed by atoms with Gasteiger partial charge in [-0.15, -0.1) is 0 Å². The lowest BCUT2D eigenvalue weighted by Crippen LogP contribution is -2.25. The van der Waals surface area contributed by atoms with Crippen molar-refractivity contribution in [1.29, 1.82) is 0 Å². The lowest BCUT2D eigenvalue weighted by atomic mass is 10.3. The SMILES string of the molecule is CO/N=C/c1cc[n+](C)cc1. The molecule has 0 bridgehead atoms. The maximum Gasteiger partial charge on any atom is 0.169 e. The molecule has 0 unspecified atom stereocenters. The number of hydrogen-bond acceptors (Lipinski definition) is 2. The van der Waals surface area contributed by atoms with Crippen LogP contribution in [-0.4, -0.2) is 13.3 Å². The summed E-state index contributed by atoms with van der Waals surface area (Å²) in [5.74, 6) is 0. The molecule has 0 saturated heterocycles. The summed E-state index contributed by atoms with van der Waals surface area (Å²) in [7, 11) is 3.50. The smallest absolute Gasteiger partial charge is 0.169 e. The van der Waals surface area contributed by atoms with Crippen molar-refractivity contribution in [3.63, 3.8) is 0 Å². The van der Waals surface area contributed by atoms with E-state index < -0.39 is 0 Å². The van der Waals surface area contributed by atoms with Crippen LogP contribution in [0.1, 0.15) is 5.56 Å². The van der Waals surface area contributed by atoms with E-state index in [1.807, 2.05) is 36.1 Å². The largest absolute Gasteiger partial charge is 0.399 e. The van der Waals surface area contributed by atoms with Gasteiger partial charge in [0.2, 0.25) is 0 Å². The van der Waals surface area contributed by atoms with E-state index in [1.165, 1.54) is 7.11 Å². The topological polar surface area (TPSA) is 25.5 Å². The zero-order valence-corrected chi connectivity index (χ0v) is 6.69. The van der Waals surface area contributed by atoms with Gasteiger partial charge in [0.1, 0.15) is 14.2 Å². The Morgan fingerprint density at radius 2 is 2.09 bits per heavy atom. The van der Waals surface area contributed by atoms with Crippen molar-refractivity contribution in [3.05, 3.63) is 30.1 Å². The van der Waals surface area contributed by atoms with Gasteiger partial charge in [0, 0.05) is 17.7 Å². The highest BCUT2D eigenvalue weighted by molar-refractivity contribution is 5.78. The molecule has 1 aromatic heterocycles. The van der Waals surface area contributed by atoms with E-state index in [2.05, 4.69) is 9.99 Å². The predicted octanol–water partition coefficient (Wildman–Crippen LogP) is 0.491. The van der Waals surface area contributed by atoms with E-state index in [1.54, 1.807) is 6.21 Å². The Balaban J connectivity index is 2.73. The number of aryl methyl sites for hydroxylation is 1. The Kier molecular flexibility index (Phi) is 2.60. The zero-order valence-electron chi connectivity index (χ0n) is 6.69. The average Bonchev–Trinajstić information content (AvgIpc) is 2.04. The van der Waals surface area contributed by atoms with Gasteiger partial charge in [0.25, 0.3) is 0 Å². The second-order valence-electron chi connectivity index (χ2n) is 2.21. The molecule has 11 heavy (non-hydrogen) atoms. The summed E-state index contributed by atoms with van der Waals surface area (Å²) in [6, 6.07) is 3.92. The predicted molar refractivity (Wildman–Crippen MR) is 42.2 cm³/mol. The van der Waals surface area contributed by atoms with Crippen LogP contribution in [-0.2, 0) is 11.9 Å². The molecule has 3 nitrogen and oxygen atoms in total. The average molecular weight is 151 g/mol. The van der Waals surface area contributed by atoms with Gasteiger partial charge in [-0.2, -0.15) is 0 Å². The second kappa shape index (κ2) is 3.71. The number of oxime groups is 1. The normalized spacial score (nSPS) is 10.4. The third kappa shape index (κ3) is 2.37. The highest BCUT2D eigenvalue weighted by Crippen LogP contribution is 1.89. The summed E-state index contributed by atoms with van der Waals surface area (Å²) in [5.41, 5.74) is 1.03. The van der Waals surface area contributed by atoms with Crippen LogP contribution in [0.4, 0.5) is 0 Å². The highest BCUT2D eigenvalue weighted by atomic mass is 16.6. The van der Waals surface area contributed by atoms with E-state index in [0.29, 0.717) is 0 Å². The van der Waals surface area contributed by atoms with Gasteiger partial charge < -0.3 is 4.84 Å². The van der Waals surface area contributed by atoms with Crippen molar-refractivity contribution in [3.8, 4) is 0 Å². The number of nitrogens with zero attached hydrogens (tertiary/aromatic N) is 2. The molecule has 0 saturated carbocycles. The molecule has 0 aromatic carbocycles. The van der Waals surface area contributed by atoms with E-state index in [0.717, 1.165) is 5.56 Å². The molecule has 0 spiro atoms. The van der Waals surface area contributed by atoms with Crippen LogP contribution in [0.15, 0.2) is 29.7 Å². The zero-order chi connectivity index (χ0) is 8.10. The van der Waals surface area contributed by atoms with Crippen LogP contribution in [0.3, 0.4) is 0 Å². The molecule has 1 heterocycles. The molecule has 0 fully saturated rings. The van der Waals surface area contributed by atoms with E-state index >= 15 is 0 Å². The minimum atomic E-state index is 1.03. The van der Waals surface area contributed by atoms with E-state index in [4.69, 9.17) is 0 Å². The molecule has 0 aliphatic carbocycles. The molecular formula is C8H11N2O+. The quantitative estimate of drug-likeness (QED) is 0.343. The summed E-state index contributed by atoms with van der Waals surface area (Å²) >= 11 is 0. The standard InChI is InChI=1S/C8H11N2O/c1-10-5-3-8(4-6-10)7-9-11-2/h3-7H,1-2H3/q+1/b9-7+. The second-order valence-corrected chi connectivity index (χ2v) is 2.21. The molecule has 58 valence electrons. The van der Waals surface area contributed by atoms with Crippen LogP contribution in [0.5, 0.6) is 0 Å². The Labute approximate surface area is 65.9 Å². The van der Waals surface area contributed by atoms with Crippen molar-refractivity contribution in [2.45, 2.75) is 0 Å². The monoisotopic (exact) mass is 151 g/mol. The van der Waals surface area contributed by atoms with Crippen LogP contribution in [0.25, 0.3) is 0 Å². The first-order valence-corrected chi connectivity index (χ1v) is 3.35. The first-order valence-electron chi connectivity index (χ1n) is 3.35. The summed E-state index contributed by atoms with van der Waals surface area (Å²) in [6.45, 7) is 0. The first kappa shape index (κ1) is 7.72. The number of rotatable bonds is 2. The van der Waals surface area contributed by atoms with Crippen LogP contribution in [0.2, 0.25) is 0 Å².